The number of imidazole rings is 2. The summed E-state index contributed by atoms with van der Waals surface area (Å²) in [4.78, 5) is 42.1. The zero-order chi connectivity index (χ0) is 18.1. The third kappa shape index (κ3) is 2.75. The minimum absolute atomic E-state index is 0.317. The van der Waals surface area contributed by atoms with Crippen molar-refractivity contribution in [1.82, 2.24) is 38.6 Å². The second kappa shape index (κ2) is 6.19. The molecule has 11 heteroatoms. The molecule has 4 heterocycles. The van der Waals surface area contributed by atoms with E-state index in [-0.39, 0.29) is 11.2 Å². The van der Waals surface area contributed by atoms with Crippen molar-refractivity contribution in [2.45, 2.75) is 0 Å². The Labute approximate surface area is 141 Å². The van der Waals surface area contributed by atoms with Crippen LogP contribution in [0.5, 0.6) is 0 Å². The minimum atomic E-state index is -0.360. The van der Waals surface area contributed by atoms with E-state index in [1.807, 2.05) is 0 Å². The molecule has 0 unspecified atom stereocenters. The molecule has 4 rings (SSSR count). The first-order valence-electron chi connectivity index (χ1n) is 7.35. The molecule has 0 aliphatic carbocycles. The van der Waals surface area contributed by atoms with Crippen molar-refractivity contribution in [3.8, 4) is 0 Å². The molecule has 0 spiro atoms. The lowest BCUT2D eigenvalue weighted by Gasteiger charge is -2.02. The summed E-state index contributed by atoms with van der Waals surface area (Å²) in [5.41, 5.74) is 1.72. The molecule has 2 N–H and O–H groups in total. The van der Waals surface area contributed by atoms with Crippen molar-refractivity contribution in [1.29, 1.82) is 0 Å². The van der Waals surface area contributed by atoms with E-state index in [1.54, 1.807) is 38.2 Å². The van der Waals surface area contributed by atoms with E-state index in [0.29, 0.717) is 22.8 Å². The van der Waals surface area contributed by atoms with Crippen LogP contribution >= 0.6 is 0 Å². The van der Waals surface area contributed by atoms with Gasteiger partial charge in [-0.05, 0) is 0 Å². The average Bonchev–Trinajstić information content (AvgIpc) is 3.24. The van der Waals surface area contributed by atoms with Crippen molar-refractivity contribution in [3.05, 3.63) is 39.7 Å². The number of fused-ring (bicyclic) bond motifs is 2. The molecule has 0 saturated heterocycles. The van der Waals surface area contributed by atoms with Gasteiger partial charge >= 0.3 is 5.69 Å². The lowest BCUT2D eigenvalue weighted by Crippen LogP contribution is -2.37. The summed E-state index contributed by atoms with van der Waals surface area (Å²) in [6.45, 7) is 0. The Balaban J connectivity index is 0.000000150. The second-order valence-electron chi connectivity index (χ2n) is 5.32. The smallest absolute Gasteiger partial charge is 0.332 e. The molecular weight excluding hydrogens is 326 g/mol. The van der Waals surface area contributed by atoms with Gasteiger partial charge in [0.2, 0.25) is 5.95 Å². The van der Waals surface area contributed by atoms with Gasteiger partial charge in [0.15, 0.2) is 16.8 Å². The maximum absolute atomic E-state index is 11.7. The van der Waals surface area contributed by atoms with Gasteiger partial charge in [-0.2, -0.15) is 4.98 Å². The number of aryl methyl sites for hydroxylation is 2. The molecule has 130 valence electrons. The van der Waals surface area contributed by atoms with Crippen LogP contribution in [-0.2, 0) is 21.1 Å². The predicted molar refractivity (Wildman–Crippen MR) is 92.4 cm³/mol. The van der Waals surface area contributed by atoms with Crippen molar-refractivity contribution in [3.63, 3.8) is 0 Å². The third-order valence-electron chi connectivity index (χ3n) is 3.72. The van der Waals surface area contributed by atoms with Gasteiger partial charge in [-0.15, -0.1) is 0 Å². The Morgan fingerprint density at radius 1 is 1.08 bits per heavy atom. The molecule has 11 nitrogen and oxygen atoms in total. The zero-order valence-corrected chi connectivity index (χ0v) is 14.2. The van der Waals surface area contributed by atoms with Gasteiger partial charge in [-0.3, -0.25) is 13.9 Å². The van der Waals surface area contributed by atoms with E-state index in [9.17, 15) is 9.59 Å². The Hall–Kier alpha value is -3.50. The number of aromatic amines is 1. The average molecular weight is 343 g/mol. The molecule has 0 radical (unpaired) electrons. The van der Waals surface area contributed by atoms with Crippen LogP contribution in [0, 0.1) is 0 Å². The summed E-state index contributed by atoms with van der Waals surface area (Å²) in [5, 5.41) is 2.83. The van der Waals surface area contributed by atoms with Gasteiger partial charge < -0.3 is 14.9 Å². The Morgan fingerprint density at radius 3 is 2.56 bits per heavy atom. The van der Waals surface area contributed by atoms with Crippen molar-refractivity contribution >= 4 is 28.3 Å². The van der Waals surface area contributed by atoms with Gasteiger partial charge in [0, 0.05) is 28.2 Å². The largest absolute Gasteiger partial charge is 0.357 e. The van der Waals surface area contributed by atoms with Gasteiger partial charge in [0.1, 0.15) is 5.52 Å². The lowest BCUT2D eigenvalue weighted by atomic mass is 10.5. The Morgan fingerprint density at radius 2 is 1.84 bits per heavy atom. The highest BCUT2D eigenvalue weighted by molar-refractivity contribution is 5.70. The number of rotatable bonds is 1. The normalized spacial score (nSPS) is 10.7. The number of aromatic nitrogens is 8. The van der Waals surface area contributed by atoms with Crippen molar-refractivity contribution in [2.24, 2.45) is 21.1 Å². The predicted octanol–water partition coefficient (Wildman–Crippen LogP) is -0.635. The van der Waals surface area contributed by atoms with Gasteiger partial charge in [0.25, 0.3) is 5.56 Å². The molecule has 0 atom stereocenters. The number of anilines is 1. The topological polar surface area (TPSA) is 128 Å². The summed E-state index contributed by atoms with van der Waals surface area (Å²) in [5.74, 6) is 0.588. The fraction of sp³-hybridized carbons (Fsp3) is 0.286. The van der Waals surface area contributed by atoms with Crippen LogP contribution in [0.3, 0.4) is 0 Å². The van der Waals surface area contributed by atoms with E-state index < -0.39 is 0 Å². The van der Waals surface area contributed by atoms with Crippen molar-refractivity contribution in [2.75, 3.05) is 12.4 Å². The maximum Gasteiger partial charge on any atom is 0.332 e. The molecule has 0 aliphatic heterocycles. The number of H-pyrrole nitrogens is 1. The summed E-state index contributed by atoms with van der Waals surface area (Å²) in [6, 6.07) is 0. The SMILES string of the molecule is CNc1ncc2[nH]cnc2n1.Cn1c(=O)c2c(ncn2C)n(C)c1=O. The highest BCUT2D eigenvalue weighted by Gasteiger charge is 2.11. The van der Waals surface area contributed by atoms with Gasteiger partial charge in [-0.25, -0.2) is 19.7 Å². The van der Waals surface area contributed by atoms with Gasteiger partial charge in [-0.1, -0.05) is 0 Å². The first-order chi connectivity index (χ1) is 11.9. The first kappa shape index (κ1) is 16.4. The summed E-state index contributed by atoms with van der Waals surface area (Å²) >= 11 is 0. The second-order valence-corrected chi connectivity index (χ2v) is 5.32. The van der Waals surface area contributed by atoms with Crippen LogP contribution in [0.25, 0.3) is 22.3 Å². The minimum Gasteiger partial charge on any atom is -0.357 e. The van der Waals surface area contributed by atoms with Crippen LogP contribution in [0.2, 0.25) is 0 Å². The van der Waals surface area contributed by atoms with E-state index in [1.165, 1.54) is 17.9 Å². The number of hydrogen-bond acceptors (Lipinski definition) is 7. The molecular formula is C14H17N9O2. The first-order valence-corrected chi connectivity index (χ1v) is 7.35. The number of hydrogen-bond donors (Lipinski definition) is 2. The van der Waals surface area contributed by atoms with Crippen LogP contribution in [0.1, 0.15) is 0 Å². The summed E-state index contributed by atoms with van der Waals surface area (Å²) in [6.07, 6.45) is 4.81. The molecule has 0 bridgehead atoms. The van der Waals surface area contributed by atoms with Crippen LogP contribution in [0.4, 0.5) is 5.95 Å². The zero-order valence-electron chi connectivity index (χ0n) is 14.2. The standard InChI is InChI=1S/C8H10N4O2.C6H7N5/c1-10-4-9-6-5(10)7(13)12(3)8(14)11(6)2;1-7-6-8-2-4-5(11-6)10-3-9-4/h4H,1-3H3;2-3H,1H3,(H2,7,8,9,10,11). The fourth-order valence-electron chi connectivity index (χ4n) is 2.33. The molecule has 0 amide bonds. The summed E-state index contributed by atoms with van der Waals surface area (Å²) < 4.78 is 4.04. The number of nitrogens with zero attached hydrogens (tertiary/aromatic N) is 7. The lowest BCUT2D eigenvalue weighted by molar-refractivity contribution is 0.705. The van der Waals surface area contributed by atoms with Crippen LogP contribution in [-0.4, -0.2) is 45.7 Å². The molecule has 4 aromatic heterocycles. The Bertz CT molecular complexity index is 1160. The molecule has 4 aromatic rings. The highest BCUT2D eigenvalue weighted by Crippen LogP contribution is 2.05. The molecule has 0 fully saturated rings. The van der Waals surface area contributed by atoms with Crippen LogP contribution < -0.4 is 16.6 Å². The van der Waals surface area contributed by atoms with E-state index in [2.05, 4.69) is 30.2 Å². The van der Waals surface area contributed by atoms with E-state index >= 15 is 0 Å². The van der Waals surface area contributed by atoms with Crippen LogP contribution in [0.15, 0.2) is 28.4 Å². The quantitative estimate of drug-likeness (QED) is 0.470. The van der Waals surface area contributed by atoms with E-state index in [0.717, 1.165) is 10.1 Å². The van der Waals surface area contributed by atoms with Crippen molar-refractivity contribution < 1.29 is 0 Å². The Kier molecular flexibility index (Phi) is 4.05. The monoisotopic (exact) mass is 343 g/mol. The summed E-state index contributed by atoms with van der Waals surface area (Å²) in [7, 11) is 6.54. The maximum atomic E-state index is 11.7. The van der Waals surface area contributed by atoms with E-state index in [4.69, 9.17) is 0 Å². The van der Waals surface area contributed by atoms with Gasteiger partial charge in [0.05, 0.1) is 18.9 Å². The molecule has 0 saturated carbocycles. The molecule has 0 aromatic carbocycles. The fourth-order valence-corrected chi connectivity index (χ4v) is 2.33. The third-order valence-corrected chi connectivity index (χ3v) is 3.72. The molecule has 0 aliphatic rings. The highest BCUT2D eigenvalue weighted by atomic mass is 16.2. The number of nitrogens with one attached hydrogen (secondary N) is 2. The molecule has 25 heavy (non-hydrogen) atoms.